The Morgan fingerprint density at radius 1 is 1.07 bits per heavy atom. The standard InChI is InChI=1S/C9H6Br2N4/c10-8-9(11)14-15(13-8)12-6-7-4-2-1-3-5-7/h1-6H/b12-6+. The Kier molecular flexibility index (Phi) is 3.27. The van der Waals surface area contributed by atoms with Crippen LogP contribution in [0.2, 0.25) is 0 Å². The number of benzene rings is 1. The lowest BCUT2D eigenvalue weighted by atomic mass is 10.2. The monoisotopic (exact) mass is 328 g/mol. The summed E-state index contributed by atoms with van der Waals surface area (Å²) in [4.78, 5) is 1.25. The van der Waals surface area contributed by atoms with Gasteiger partial charge in [0.2, 0.25) is 0 Å². The zero-order valence-corrected chi connectivity index (χ0v) is 10.7. The van der Waals surface area contributed by atoms with Gasteiger partial charge in [0.05, 0.1) is 6.21 Å². The zero-order valence-electron chi connectivity index (χ0n) is 7.51. The minimum atomic E-state index is 0.632. The molecule has 1 aromatic heterocycles. The lowest BCUT2D eigenvalue weighted by molar-refractivity contribution is 0.630. The highest BCUT2D eigenvalue weighted by molar-refractivity contribution is 9.13. The lowest BCUT2D eigenvalue weighted by Gasteiger charge is -1.89. The maximum Gasteiger partial charge on any atom is 0.165 e. The van der Waals surface area contributed by atoms with Gasteiger partial charge < -0.3 is 0 Å². The lowest BCUT2D eigenvalue weighted by Crippen LogP contribution is -1.94. The van der Waals surface area contributed by atoms with Crippen LogP contribution < -0.4 is 0 Å². The van der Waals surface area contributed by atoms with Crippen LogP contribution in [0.25, 0.3) is 0 Å². The molecule has 0 unspecified atom stereocenters. The van der Waals surface area contributed by atoms with Gasteiger partial charge in [-0.2, -0.15) is 0 Å². The smallest absolute Gasteiger partial charge is 0.140 e. The van der Waals surface area contributed by atoms with E-state index in [1.807, 2.05) is 30.3 Å². The Morgan fingerprint density at radius 3 is 2.27 bits per heavy atom. The van der Waals surface area contributed by atoms with Gasteiger partial charge in [-0.3, -0.25) is 0 Å². The van der Waals surface area contributed by atoms with E-state index in [9.17, 15) is 0 Å². The van der Waals surface area contributed by atoms with E-state index < -0.39 is 0 Å². The summed E-state index contributed by atoms with van der Waals surface area (Å²) >= 11 is 6.45. The van der Waals surface area contributed by atoms with Crippen molar-refractivity contribution in [3.05, 3.63) is 45.1 Å². The topological polar surface area (TPSA) is 43.1 Å². The van der Waals surface area contributed by atoms with Gasteiger partial charge in [-0.05, 0) is 37.4 Å². The summed E-state index contributed by atoms with van der Waals surface area (Å²) in [5.74, 6) is 0. The molecule has 76 valence electrons. The number of hydrogen-bond acceptors (Lipinski definition) is 3. The molecule has 0 spiro atoms. The molecule has 0 atom stereocenters. The normalized spacial score (nSPS) is 11.1. The van der Waals surface area contributed by atoms with Crippen LogP contribution >= 0.6 is 31.9 Å². The summed E-state index contributed by atoms with van der Waals surface area (Å²) in [6.07, 6.45) is 1.69. The van der Waals surface area contributed by atoms with E-state index in [0.29, 0.717) is 9.21 Å². The van der Waals surface area contributed by atoms with Crippen LogP contribution in [0.15, 0.2) is 44.6 Å². The molecule has 15 heavy (non-hydrogen) atoms. The molecule has 1 heterocycles. The maximum atomic E-state index is 4.07. The number of rotatable bonds is 2. The summed E-state index contributed by atoms with van der Waals surface area (Å²) in [6.45, 7) is 0. The molecule has 0 N–H and O–H groups in total. The van der Waals surface area contributed by atoms with Crippen LogP contribution in [0.5, 0.6) is 0 Å². The first kappa shape index (κ1) is 10.5. The second-order valence-corrected chi connectivity index (χ2v) is 4.21. The Bertz CT molecular complexity index is 459. The van der Waals surface area contributed by atoms with Gasteiger partial charge in [-0.15, -0.1) is 15.3 Å². The van der Waals surface area contributed by atoms with Gasteiger partial charge in [-0.1, -0.05) is 35.2 Å². The summed E-state index contributed by atoms with van der Waals surface area (Å²) in [5.41, 5.74) is 1.00. The van der Waals surface area contributed by atoms with Crippen LogP contribution in [0.3, 0.4) is 0 Å². The first-order valence-electron chi connectivity index (χ1n) is 4.13. The summed E-state index contributed by atoms with van der Waals surface area (Å²) in [6, 6.07) is 9.76. The molecule has 0 aliphatic carbocycles. The maximum absolute atomic E-state index is 4.07. The average molecular weight is 330 g/mol. The first-order chi connectivity index (χ1) is 7.25. The molecule has 4 nitrogen and oxygen atoms in total. The molecule has 0 radical (unpaired) electrons. The van der Waals surface area contributed by atoms with Crippen LogP contribution in [0, 0.1) is 0 Å². The summed E-state index contributed by atoms with van der Waals surface area (Å²) in [5, 5.41) is 12.1. The Balaban J connectivity index is 2.19. The van der Waals surface area contributed by atoms with Crippen molar-refractivity contribution in [3.8, 4) is 0 Å². The molecule has 0 saturated carbocycles. The summed E-state index contributed by atoms with van der Waals surface area (Å²) < 4.78 is 1.26. The SMILES string of the molecule is Brc1nn(/N=C/c2ccccc2)nc1Br. The molecule has 0 aliphatic heterocycles. The fourth-order valence-electron chi connectivity index (χ4n) is 0.971. The number of hydrogen-bond donors (Lipinski definition) is 0. The van der Waals surface area contributed by atoms with E-state index in [1.165, 1.54) is 4.91 Å². The van der Waals surface area contributed by atoms with E-state index >= 15 is 0 Å². The first-order valence-corrected chi connectivity index (χ1v) is 5.72. The van der Waals surface area contributed by atoms with E-state index in [2.05, 4.69) is 47.2 Å². The van der Waals surface area contributed by atoms with Crippen molar-refractivity contribution in [3.63, 3.8) is 0 Å². The van der Waals surface area contributed by atoms with Crippen LogP contribution in [-0.2, 0) is 0 Å². The van der Waals surface area contributed by atoms with Crippen molar-refractivity contribution >= 4 is 38.1 Å². The third kappa shape index (κ3) is 2.73. The minimum Gasteiger partial charge on any atom is -0.140 e. The second-order valence-electron chi connectivity index (χ2n) is 2.71. The second kappa shape index (κ2) is 4.67. The fourth-order valence-corrected chi connectivity index (χ4v) is 1.41. The molecule has 0 aliphatic rings. The van der Waals surface area contributed by atoms with Gasteiger partial charge >= 0.3 is 0 Å². The summed E-state index contributed by atoms with van der Waals surface area (Å²) in [7, 11) is 0. The van der Waals surface area contributed by atoms with E-state index in [1.54, 1.807) is 6.21 Å². The molecule has 0 fully saturated rings. The predicted octanol–water partition coefficient (Wildman–Crippen LogP) is 2.69. The third-order valence-corrected chi connectivity index (χ3v) is 3.23. The fraction of sp³-hybridized carbons (Fsp3) is 0. The van der Waals surface area contributed by atoms with Gasteiger partial charge in [-0.25, -0.2) is 0 Å². The van der Waals surface area contributed by atoms with Gasteiger partial charge in [0.25, 0.3) is 0 Å². The molecule has 6 heteroatoms. The number of nitrogens with zero attached hydrogens (tertiary/aromatic N) is 4. The molecular formula is C9H6Br2N4. The third-order valence-electron chi connectivity index (χ3n) is 1.63. The number of aromatic nitrogens is 3. The van der Waals surface area contributed by atoms with Crippen LogP contribution in [-0.4, -0.2) is 21.3 Å². The molecule has 1 aromatic carbocycles. The van der Waals surface area contributed by atoms with E-state index in [4.69, 9.17) is 0 Å². The molecule has 2 aromatic rings. The Hall–Kier alpha value is -1.01. The van der Waals surface area contributed by atoms with Crippen molar-refractivity contribution in [1.29, 1.82) is 0 Å². The van der Waals surface area contributed by atoms with Crippen molar-refractivity contribution in [2.45, 2.75) is 0 Å². The van der Waals surface area contributed by atoms with Crippen molar-refractivity contribution in [1.82, 2.24) is 15.1 Å². The van der Waals surface area contributed by atoms with Crippen molar-refractivity contribution in [2.75, 3.05) is 0 Å². The van der Waals surface area contributed by atoms with Gasteiger partial charge in [0, 0.05) is 0 Å². The highest BCUT2D eigenvalue weighted by atomic mass is 79.9. The van der Waals surface area contributed by atoms with Crippen LogP contribution in [0.1, 0.15) is 5.56 Å². The molecule has 2 rings (SSSR count). The number of halogens is 2. The Labute approximate surface area is 103 Å². The zero-order chi connectivity index (χ0) is 10.7. The van der Waals surface area contributed by atoms with Gasteiger partial charge in [0.1, 0.15) is 0 Å². The highest BCUT2D eigenvalue weighted by Crippen LogP contribution is 2.16. The molecule has 0 saturated heterocycles. The predicted molar refractivity (Wildman–Crippen MR) is 64.9 cm³/mol. The largest absolute Gasteiger partial charge is 0.165 e. The molecule has 0 bridgehead atoms. The highest BCUT2D eigenvalue weighted by Gasteiger charge is 2.02. The minimum absolute atomic E-state index is 0.632. The van der Waals surface area contributed by atoms with E-state index in [0.717, 1.165) is 5.56 Å². The van der Waals surface area contributed by atoms with Crippen LogP contribution in [0.4, 0.5) is 0 Å². The molecule has 0 amide bonds. The van der Waals surface area contributed by atoms with Crippen molar-refractivity contribution < 1.29 is 0 Å². The Morgan fingerprint density at radius 2 is 1.67 bits per heavy atom. The van der Waals surface area contributed by atoms with E-state index in [-0.39, 0.29) is 0 Å². The van der Waals surface area contributed by atoms with Crippen molar-refractivity contribution in [2.24, 2.45) is 5.10 Å². The van der Waals surface area contributed by atoms with Gasteiger partial charge in [0.15, 0.2) is 9.21 Å². The average Bonchev–Trinajstić information content (AvgIpc) is 2.57. The quantitative estimate of drug-likeness (QED) is 0.795. The molecular weight excluding hydrogens is 324 g/mol.